The van der Waals surface area contributed by atoms with Crippen LogP contribution in [0.3, 0.4) is 0 Å². The van der Waals surface area contributed by atoms with Gasteiger partial charge in [-0.3, -0.25) is 4.79 Å². The van der Waals surface area contributed by atoms with Crippen molar-refractivity contribution in [1.29, 1.82) is 0 Å². The summed E-state index contributed by atoms with van der Waals surface area (Å²) in [6, 6.07) is 2.09. The zero-order valence-corrected chi connectivity index (χ0v) is 10.9. The summed E-state index contributed by atoms with van der Waals surface area (Å²) >= 11 is 0. The molecule has 1 aliphatic carbocycles. The number of hydrogen-bond acceptors (Lipinski definition) is 2. The number of aryl methyl sites for hydroxylation is 1. The number of rotatable bonds is 4. The van der Waals surface area contributed by atoms with Crippen molar-refractivity contribution in [2.75, 3.05) is 11.9 Å². The highest BCUT2D eigenvalue weighted by Crippen LogP contribution is 2.43. The Morgan fingerprint density at radius 2 is 2.05 bits per heavy atom. The van der Waals surface area contributed by atoms with Gasteiger partial charge in [0.15, 0.2) is 0 Å². The van der Waals surface area contributed by atoms with Crippen LogP contribution in [0.15, 0.2) is 12.1 Å². The summed E-state index contributed by atoms with van der Waals surface area (Å²) in [5.74, 6) is -1.47. The number of carbonyl (C=O) groups is 1. The van der Waals surface area contributed by atoms with E-state index in [1.54, 1.807) is 0 Å². The van der Waals surface area contributed by atoms with Gasteiger partial charge in [-0.2, -0.15) is 0 Å². The molecular formula is C14H18F2N2O. The third-order valence-corrected chi connectivity index (χ3v) is 3.91. The predicted octanol–water partition coefficient (Wildman–Crippen LogP) is 2.73. The molecule has 0 saturated heterocycles. The maximum atomic E-state index is 13.6. The highest BCUT2D eigenvalue weighted by atomic mass is 19.1. The van der Waals surface area contributed by atoms with Crippen LogP contribution in [-0.4, -0.2) is 12.5 Å². The Balaban J connectivity index is 2.05. The van der Waals surface area contributed by atoms with Crippen LogP contribution < -0.4 is 11.1 Å². The summed E-state index contributed by atoms with van der Waals surface area (Å²) in [4.78, 5) is 11.9. The van der Waals surface area contributed by atoms with Gasteiger partial charge in [0.2, 0.25) is 5.91 Å². The number of amides is 1. The second kappa shape index (κ2) is 5.25. The molecule has 0 aromatic heterocycles. The Bertz CT molecular complexity index is 493. The molecule has 1 aliphatic rings. The summed E-state index contributed by atoms with van der Waals surface area (Å²) in [7, 11) is 0. The molecule has 19 heavy (non-hydrogen) atoms. The minimum absolute atomic E-state index is 0.111. The van der Waals surface area contributed by atoms with E-state index in [-0.39, 0.29) is 29.0 Å². The van der Waals surface area contributed by atoms with Gasteiger partial charge >= 0.3 is 0 Å². The highest BCUT2D eigenvalue weighted by Gasteiger charge is 2.37. The molecule has 1 amide bonds. The number of benzene rings is 1. The molecule has 0 bridgehead atoms. The number of hydrogen-bond donors (Lipinski definition) is 2. The SMILES string of the molecule is Cc1cc(F)c(NC(=O)CC2(CN)CCC2)cc1F. The van der Waals surface area contributed by atoms with Crippen LogP contribution in [-0.2, 0) is 4.79 Å². The van der Waals surface area contributed by atoms with Crippen molar-refractivity contribution in [3.05, 3.63) is 29.3 Å². The summed E-state index contributed by atoms with van der Waals surface area (Å²) in [6.07, 6.45) is 3.17. The number of nitrogens with two attached hydrogens (primary N) is 1. The fraction of sp³-hybridized carbons (Fsp3) is 0.500. The lowest BCUT2D eigenvalue weighted by Gasteiger charge is -2.40. The Hall–Kier alpha value is -1.49. The molecule has 1 fully saturated rings. The molecule has 104 valence electrons. The van der Waals surface area contributed by atoms with Crippen molar-refractivity contribution in [3.63, 3.8) is 0 Å². The van der Waals surface area contributed by atoms with Gasteiger partial charge in [-0.1, -0.05) is 6.42 Å². The van der Waals surface area contributed by atoms with Crippen LogP contribution in [0.5, 0.6) is 0 Å². The molecule has 1 aromatic carbocycles. The first-order valence-electron chi connectivity index (χ1n) is 6.41. The third kappa shape index (κ3) is 2.92. The Morgan fingerprint density at radius 3 is 2.58 bits per heavy atom. The molecule has 1 saturated carbocycles. The van der Waals surface area contributed by atoms with Gasteiger partial charge in [0.25, 0.3) is 0 Å². The molecule has 0 heterocycles. The Kier molecular flexibility index (Phi) is 3.85. The van der Waals surface area contributed by atoms with E-state index in [1.807, 2.05) is 0 Å². The van der Waals surface area contributed by atoms with E-state index < -0.39 is 11.6 Å². The topological polar surface area (TPSA) is 55.1 Å². The third-order valence-electron chi connectivity index (χ3n) is 3.91. The number of carbonyl (C=O) groups excluding carboxylic acids is 1. The van der Waals surface area contributed by atoms with Crippen molar-refractivity contribution in [1.82, 2.24) is 0 Å². The van der Waals surface area contributed by atoms with Crippen molar-refractivity contribution < 1.29 is 13.6 Å². The molecular weight excluding hydrogens is 250 g/mol. The molecule has 0 unspecified atom stereocenters. The van der Waals surface area contributed by atoms with E-state index >= 15 is 0 Å². The fourth-order valence-corrected chi connectivity index (χ4v) is 2.41. The highest BCUT2D eigenvalue weighted by molar-refractivity contribution is 5.91. The molecule has 1 aromatic rings. The van der Waals surface area contributed by atoms with Gasteiger partial charge < -0.3 is 11.1 Å². The number of anilines is 1. The molecule has 2 rings (SSSR count). The van der Waals surface area contributed by atoms with Crippen LogP contribution in [0.25, 0.3) is 0 Å². The minimum atomic E-state index is -0.623. The van der Waals surface area contributed by atoms with Gasteiger partial charge in [-0.25, -0.2) is 8.78 Å². The second-order valence-corrected chi connectivity index (χ2v) is 5.36. The maximum absolute atomic E-state index is 13.6. The van der Waals surface area contributed by atoms with E-state index in [2.05, 4.69) is 5.32 Å². The first kappa shape index (κ1) is 13.9. The average molecular weight is 268 g/mol. The smallest absolute Gasteiger partial charge is 0.225 e. The molecule has 0 atom stereocenters. The minimum Gasteiger partial charge on any atom is -0.330 e. The molecule has 0 spiro atoms. The van der Waals surface area contributed by atoms with Crippen LogP contribution >= 0.6 is 0 Å². The first-order valence-corrected chi connectivity index (χ1v) is 6.41. The number of nitrogens with one attached hydrogen (secondary N) is 1. The van der Waals surface area contributed by atoms with E-state index in [4.69, 9.17) is 5.73 Å². The van der Waals surface area contributed by atoms with Gasteiger partial charge in [-0.05, 0) is 43.4 Å². The predicted molar refractivity (Wildman–Crippen MR) is 69.7 cm³/mol. The Morgan fingerprint density at radius 1 is 1.37 bits per heavy atom. The van der Waals surface area contributed by atoms with Crippen molar-refractivity contribution in [2.45, 2.75) is 32.6 Å². The second-order valence-electron chi connectivity index (χ2n) is 5.36. The molecule has 5 heteroatoms. The van der Waals surface area contributed by atoms with Crippen LogP contribution in [0.1, 0.15) is 31.2 Å². The first-order chi connectivity index (χ1) is 8.96. The van der Waals surface area contributed by atoms with Crippen molar-refractivity contribution >= 4 is 11.6 Å². The summed E-state index contributed by atoms with van der Waals surface area (Å²) in [5.41, 5.74) is 5.63. The van der Waals surface area contributed by atoms with Crippen LogP contribution in [0.4, 0.5) is 14.5 Å². The largest absolute Gasteiger partial charge is 0.330 e. The monoisotopic (exact) mass is 268 g/mol. The fourth-order valence-electron chi connectivity index (χ4n) is 2.41. The molecule has 3 nitrogen and oxygen atoms in total. The van der Waals surface area contributed by atoms with E-state index in [0.717, 1.165) is 31.4 Å². The van der Waals surface area contributed by atoms with Crippen molar-refractivity contribution in [3.8, 4) is 0 Å². The van der Waals surface area contributed by atoms with Crippen molar-refractivity contribution in [2.24, 2.45) is 11.1 Å². The van der Waals surface area contributed by atoms with E-state index in [0.29, 0.717) is 6.54 Å². The Labute approximate surface area is 111 Å². The molecule has 0 radical (unpaired) electrons. The zero-order chi connectivity index (χ0) is 14.0. The summed E-state index contributed by atoms with van der Waals surface area (Å²) < 4.78 is 26.9. The number of halogens is 2. The van der Waals surface area contributed by atoms with Gasteiger partial charge in [0.1, 0.15) is 11.6 Å². The lowest BCUT2D eigenvalue weighted by molar-refractivity contribution is -0.119. The normalized spacial score (nSPS) is 16.8. The summed E-state index contributed by atoms with van der Waals surface area (Å²) in [5, 5.41) is 2.43. The lowest BCUT2D eigenvalue weighted by Crippen LogP contribution is -2.40. The van der Waals surface area contributed by atoms with E-state index in [1.165, 1.54) is 6.92 Å². The quantitative estimate of drug-likeness (QED) is 0.882. The summed E-state index contributed by atoms with van der Waals surface area (Å²) in [6.45, 7) is 1.92. The van der Waals surface area contributed by atoms with Crippen LogP contribution in [0.2, 0.25) is 0 Å². The van der Waals surface area contributed by atoms with E-state index in [9.17, 15) is 13.6 Å². The maximum Gasteiger partial charge on any atom is 0.225 e. The zero-order valence-electron chi connectivity index (χ0n) is 10.9. The van der Waals surface area contributed by atoms with Crippen LogP contribution in [0, 0.1) is 24.0 Å². The van der Waals surface area contributed by atoms with Gasteiger partial charge in [-0.15, -0.1) is 0 Å². The molecule has 0 aliphatic heterocycles. The van der Waals surface area contributed by atoms with Gasteiger partial charge in [0.05, 0.1) is 5.69 Å². The van der Waals surface area contributed by atoms with Gasteiger partial charge in [0, 0.05) is 12.5 Å². The standard InChI is InChI=1S/C14H18F2N2O/c1-9-5-11(16)12(6-10(9)15)18-13(19)7-14(8-17)3-2-4-14/h5-6H,2-4,7-8,17H2,1H3,(H,18,19). The molecule has 3 N–H and O–H groups in total. The average Bonchev–Trinajstić information content (AvgIpc) is 2.31. The lowest BCUT2D eigenvalue weighted by atomic mass is 9.66.